The van der Waals surface area contributed by atoms with Crippen LogP contribution < -0.4 is 36.2 Å². The first-order valence-electron chi connectivity index (χ1n) is 35.0. The van der Waals surface area contributed by atoms with Crippen molar-refractivity contribution in [3.63, 3.8) is 0 Å². The molecular formula is C76H86N10O18. The molecule has 0 radical (unpaired) electrons. The Bertz CT molecular complexity index is 4280. The first-order valence-corrected chi connectivity index (χ1v) is 35.0. The zero-order valence-electron chi connectivity index (χ0n) is 58.3. The number of likely N-dealkylation sites (tertiary alicyclic amines) is 1. The van der Waals surface area contributed by atoms with Crippen molar-refractivity contribution in [3.05, 3.63) is 183 Å². The van der Waals surface area contributed by atoms with Crippen molar-refractivity contribution in [3.8, 4) is 17.2 Å². The van der Waals surface area contributed by atoms with E-state index in [0.29, 0.717) is 138 Å². The molecule has 28 heteroatoms. The zero-order valence-corrected chi connectivity index (χ0v) is 58.3. The number of aromatic nitrogens is 4. The molecule has 0 saturated carbocycles. The number of hydrogen-bond donors (Lipinski definition) is 6. The number of carbonyl (C=O) groups excluding carboxylic acids is 6. The molecule has 2 unspecified atom stereocenters. The average molecular weight is 1430 g/mol. The van der Waals surface area contributed by atoms with Crippen LogP contribution in [-0.2, 0) is 55.7 Å². The molecule has 548 valence electrons. The number of benzene rings is 4. The number of ketones is 1. The summed E-state index contributed by atoms with van der Waals surface area (Å²) in [6.07, 6.45) is 14.0. The molecule has 6 atom stereocenters. The molecule has 0 spiro atoms. The number of carboxylic acid groups (broad SMARTS) is 1. The number of imide groups is 4. The topological polar surface area (TPSA) is 361 Å². The molecule has 104 heavy (non-hydrogen) atoms. The van der Waals surface area contributed by atoms with Gasteiger partial charge in [-0.1, -0.05) is 48.5 Å². The number of nitrogens with one attached hydrogen (secondary N) is 4. The summed E-state index contributed by atoms with van der Waals surface area (Å²) < 4.78 is 44.4. The lowest BCUT2D eigenvalue weighted by molar-refractivity contribution is -0.148. The normalized spacial score (nSPS) is 19.4. The molecule has 7 aromatic rings. The maximum atomic E-state index is 13.0. The van der Waals surface area contributed by atoms with Crippen molar-refractivity contribution in [2.45, 2.75) is 127 Å². The summed E-state index contributed by atoms with van der Waals surface area (Å²) in [4.78, 5) is 117. The van der Waals surface area contributed by atoms with Gasteiger partial charge < -0.3 is 68.6 Å². The lowest BCUT2D eigenvalue weighted by Gasteiger charge is -2.35. The fourth-order valence-electron chi connectivity index (χ4n) is 13.3. The lowest BCUT2D eigenvalue weighted by atomic mass is 9.89. The number of piperidine rings is 2. The van der Waals surface area contributed by atoms with Gasteiger partial charge in [-0.25, -0.2) is 29.5 Å². The predicted octanol–water partition coefficient (Wildman–Crippen LogP) is 8.69. The van der Waals surface area contributed by atoms with Crippen LogP contribution in [0.25, 0.3) is 11.0 Å². The molecule has 3 aromatic heterocycles. The first-order chi connectivity index (χ1) is 50.4. The molecule has 28 nitrogen and oxygen atoms in total. The Labute approximate surface area is 600 Å². The predicted molar refractivity (Wildman–Crippen MR) is 378 cm³/mol. The number of nitrogens with zero attached hydrogens (tertiary/aromatic N) is 6. The number of amides is 5. The number of hydrogen-bond acceptors (Lipinski definition) is 25. The third-order valence-corrected chi connectivity index (χ3v) is 18.4. The van der Waals surface area contributed by atoms with Crippen LogP contribution in [0.5, 0.6) is 17.2 Å². The van der Waals surface area contributed by atoms with E-state index in [1.54, 1.807) is 94.1 Å². The van der Waals surface area contributed by atoms with Crippen LogP contribution in [0, 0.1) is 0 Å². The highest BCUT2D eigenvalue weighted by molar-refractivity contribution is 6.12. The summed E-state index contributed by atoms with van der Waals surface area (Å²) in [5.41, 5.74) is 5.05. The molecule has 5 amide bonds. The monoisotopic (exact) mass is 1430 g/mol. The van der Waals surface area contributed by atoms with Crippen LogP contribution in [0.15, 0.2) is 137 Å². The SMILES string of the molecule is CC(C)(C)OC(=O)N1C(=O)CCC(c2ccc(OCCOCCOCCNc3ncnc4c3C[C@@H]3CC[C@H]4N3)cc2)C1=O.O=C(O)c1coc2ccccc2c1=O.O=C1CCC(c2ccc(OCCOCCOCCNc3ncnc4c3C[C@@H]3CC[C@H]4N3/C=C/C(=O)c3ccccc3O)cc2)C(=O)N1. The van der Waals surface area contributed by atoms with Gasteiger partial charge in [0.05, 0.1) is 99.1 Å². The van der Waals surface area contributed by atoms with Crippen LogP contribution in [0.4, 0.5) is 16.4 Å². The van der Waals surface area contributed by atoms with E-state index in [2.05, 4.69) is 46.1 Å². The van der Waals surface area contributed by atoms with Gasteiger partial charge in [-0.15, -0.1) is 0 Å². The second-order valence-corrected chi connectivity index (χ2v) is 26.5. The molecule has 4 saturated heterocycles. The highest BCUT2D eigenvalue weighted by Crippen LogP contribution is 2.45. The van der Waals surface area contributed by atoms with Gasteiger partial charge in [0, 0.05) is 61.4 Å². The van der Waals surface area contributed by atoms with Gasteiger partial charge in [-0.3, -0.25) is 34.1 Å². The number of aromatic hydroxyl groups is 1. The van der Waals surface area contributed by atoms with Crippen LogP contribution in [0.3, 0.4) is 0 Å². The first kappa shape index (κ1) is 74.7. The van der Waals surface area contributed by atoms with Crippen molar-refractivity contribution in [2.75, 3.05) is 89.8 Å². The van der Waals surface area contributed by atoms with Gasteiger partial charge in [0.25, 0.3) is 0 Å². The fraction of sp³-hybridized carbons (Fsp3) is 0.421. The number of carboxylic acids is 1. The van der Waals surface area contributed by atoms with Crippen molar-refractivity contribution in [1.29, 1.82) is 0 Å². The molecule has 4 aromatic carbocycles. The molecule has 6 N–H and O–H groups in total. The number of phenolic OH excluding ortho intramolecular Hbond substituents is 1. The Kier molecular flexibility index (Phi) is 25.5. The Balaban J connectivity index is 0.000000176. The number of aromatic carboxylic acids is 1. The summed E-state index contributed by atoms with van der Waals surface area (Å²) >= 11 is 0. The smallest absolute Gasteiger partial charge is 0.424 e. The lowest BCUT2D eigenvalue weighted by Crippen LogP contribution is -2.49. The van der Waals surface area contributed by atoms with Gasteiger partial charge >= 0.3 is 12.1 Å². The largest absolute Gasteiger partial charge is 0.507 e. The van der Waals surface area contributed by atoms with Crippen LogP contribution in [0.2, 0.25) is 0 Å². The van der Waals surface area contributed by atoms with Gasteiger partial charge in [0.2, 0.25) is 29.1 Å². The molecule has 6 aliphatic heterocycles. The van der Waals surface area contributed by atoms with Crippen LogP contribution in [0.1, 0.15) is 150 Å². The summed E-state index contributed by atoms with van der Waals surface area (Å²) in [5.74, 6) is -0.947. The Morgan fingerprint density at radius 3 is 1.86 bits per heavy atom. The molecule has 13 rings (SSSR count). The van der Waals surface area contributed by atoms with Crippen molar-refractivity contribution < 1.29 is 81.4 Å². The number of phenols is 1. The van der Waals surface area contributed by atoms with Crippen LogP contribution >= 0.6 is 0 Å². The van der Waals surface area contributed by atoms with Crippen molar-refractivity contribution in [2.24, 2.45) is 0 Å². The molecule has 9 heterocycles. The number of fused-ring (bicyclic) bond motifs is 9. The number of anilines is 2. The Hall–Kier alpha value is -10.5. The van der Waals surface area contributed by atoms with Gasteiger partial charge in [-0.05, 0) is 132 Å². The Morgan fingerprint density at radius 1 is 0.635 bits per heavy atom. The summed E-state index contributed by atoms with van der Waals surface area (Å²) in [6.45, 7) is 10.8. The number of carbonyl (C=O) groups is 7. The zero-order chi connectivity index (χ0) is 73.1. The van der Waals surface area contributed by atoms with E-state index in [1.165, 1.54) is 30.2 Å². The highest BCUT2D eigenvalue weighted by Gasteiger charge is 2.43. The molecular weight excluding hydrogens is 1340 g/mol. The maximum Gasteiger partial charge on any atom is 0.424 e. The quantitative estimate of drug-likeness (QED) is 0.0115. The van der Waals surface area contributed by atoms with Gasteiger partial charge in [-0.2, -0.15) is 4.90 Å². The summed E-state index contributed by atoms with van der Waals surface area (Å²) in [6, 6.07) is 28.8. The summed E-state index contributed by atoms with van der Waals surface area (Å²) in [5, 5.41) is 31.8. The maximum absolute atomic E-state index is 13.0. The minimum atomic E-state index is -1.27. The highest BCUT2D eigenvalue weighted by atomic mass is 16.6. The minimum absolute atomic E-state index is 0.0201. The van der Waals surface area contributed by atoms with Crippen LogP contribution in [-0.4, -0.2) is 178 Å². The number of allylic oxidation sites excluding steroid dienone is 1. The van der Waals surface area contributed by atoms with Crippen molar-refractivity contribution in [1.82, 2.24) is 40.4 Å². The third kappa shape index (κ3) is 19.4. The van der Waals surface area contributed by atoms with Crippen molar-refractivity contribution >= 4 is 64.1 Å². The number of para-hydroxylation sites is 2. The minimum Gasteiger partial charge on any atom is -0.507 e. The molecule has 4 bridgehead atoms. The van der Waals surface area contributed by atoms with E-state index in [0.717, 1.165) is 72.5 Å². The fourth-order valence-corrected chi connectivity index (χ4v) is 13.3. The van der Waals surface area contributed by atoms with E-state index >= 15 is 0 Å². The second kappa shape index (κ2) is 35.6. The number of ether oxygens (including phenoxy) is 7. The molecule has 6 aliphatic rings. The number of rotatable bonds is 28. The third-order valence-electron chi connectivity index (χ3n) is 18.4. The van der Waals surface area contributed by atoms with E-state index < -0.39 is 40.8 Å². The van der Waals surface area contributed by atoms with E-state index in [4.69, 9.17) is 42.7 Å². The van der Waals surface area contributed by atoms with Gasteiger partial charge in [0.15, 0.2) is 5.78 Å². The molecule has 4 fully saturated rings. The second-order valence-electron chi connectivity index (χ2n) is 26.5. The van der Waals surface area contributed by atoms with E-state index in [9.17, 15) is 43.5 Å². The summed E-state index contributed by atoms with van der Waals surface area (Å²) in [7, 11) is 0. The van der Waals surface area contributed by atoms with E-state index in [-0.39, 0.29) is 64.3 Å². The molecule has 0 aliphatic carbocycles. The van der Waals surface area contributed by atoms with Gasteiger partial charge in [0.1, 0.15) is 77.8 Å². The standard InChI is InChI=1S/C35H39N5O7.C31H41N5O7.C10H6O4/c41-30-4-2-1-3-27(30)31(42)13-15-40-24-7-11-29(40)33-28(21-24)34(38-22-37-33)36-14-16-45-17-18-46-19-20-47-25-8-5-23(6-9-25)26-10-12-32(43)39-35(26)44;1-31(2,3)43-30(39)36-26(37)11-9-23(29(36)38)20-4-7-22(8-5-20)42-17-16-41-15-14-40-13-12-32-28-24-18-21-6-10-25(35-21)27(24)33-19-34-28;11-9-6-3-1-2-4-8(6)14-5-7(9)10(12)13/h1-6,8-9,13,15,22,24,26,29,41H,7,10-12,14,16-21H2,(H,36,37,38)(H,39,43,44);4-5,7-8,19,21,23,25,35H,6,9-18H2,1-3H3,(H,32,33,34);1-5H,(H,12,13)/b15-13+;;/t24-,26?,29+;21-,23?,25+;/m00./s1. The Morgan fingerprint density at radius 2 is 1.22 bits per heavy atom. The average Bonchev–Trinajstić information content (AvgIpc) is 1.59. The van der Waals surface area contributed by atoms with E-state index in [1.807, 2.05) is 30.5 Å².